The first-order chi connectivity index (χ1) is 12.7. The zero-order valence-electron chi connectivity index (χ0n) is 15.3. The van der Waals surface area contributed by atoms with Gasteiger partial charge >= 0.3 is 5.97 Å². The van der Waals surface area contributed by atoms with Crippen molar-refractivity contribution in [3.63, 3.8) is 0 Å². The van der Waals surface area contributed by atoms with Gasteiger partial charge in [-0.25, -0.2) is 8.78 Å². The Balaban J connectivity index is 1.81. The molecule has 1 amide bonds. The van der Waals surface area contributed by atoms with E-state index in [-0.39, 0.29) is 19.4 Å². The van der Waals surface area contributed by atoms with Gasteiger partial charge in [0, 0.05) is 37.6 Å². The Morgan fingerprint density at radius 1 is 1.30 bits per heavy atom. The molecule has 1 unspecified atom stereocenters. The highest BCUT2D eigenvalue weighted by Crippen LogP contribution is 2.52. The predicted molar refractivity (Wildman–Crippen MR) is 91.9 cm³/mol. The molecule has 0 radical (unpaired) electrons. The number of carboxylic acid groups (broad SMARTS) is 1. The maximum atomic E-state index is 14.2. The van der Waals surface area contributed by atoms with Crippen LogP contribution in [0.2, 0.25) is 0 Å². The number of hydrogen-bond donors (Lipinski definition) is 1. The molecule has 1 saturated heterocycles. The van der Waals surface area contributed by atoms with Crippen molar-refractivity contribution in [2.45, 2.75) is 38.2 Å². The molecule has 0 bridgehead atoms. The molecule has 2 atom stereocenters. The quantitative estimate of drug-likeness (QED) is 0.846. The molecule has 1 spiro atoms. The van der Waals surface area contributed by atoms with Crippen LogP contribution in [-0.2, 0) is 16.1 Å². The molecule has 2 aliphatic rings. The third-order valence-electron chi connectivity index (χ3n) is 5.59. The fraction of sp³-hybridized carbons (Fsp3) is 0.579. The van der Waals surface area contributed by atoms with E-state index >= 15 is 0 Å². The highest BCUT2D eigenvalue weighted by atomic mass is 19.3. The average Bonchev–Trinajstić information content (AvgIpc) is 2.89. The zero-order chi connectivity index (χ0) is 19.8. The van der Waals surface area contributed by atoms with Gasteiger partial charge < -0.3 is 19.5 Å². The second kappa shape index (κ2) is 6.98. The topological polar surface area (TPSA) is 76.1 Å². The number of benzene rings is 1. The summed E-state index contributed by atoms with van der Waals surface area (Å²) in [7, 11) is 3.04. The van der Waals surface area contributed by atoms with Crippen LogP contribution in [0.25, 0.3) is 0 Å². The van der Waals surface area contributed by atoms with Crippen LogP contribution in [-0.4, -0.2) is 48.6 Å². The molecule has 8 heteroatoms. The van der Waals surface area contributed by atoms with E-state index in [9.17, 15) is 23.5 Å². The molecule has 1 aliphatic carbocycles. The van der Waals surface area contributed by atoms with E-state index in [1.54, 1.807) is 18.2 Å². The number of methoxy groups -OCH3 is 2. The number of carbonyl (C=O) groups is 2. The fourth-order valence-electron chi connectivity index (χ4n) is 4.30. The van der Waals surface area contributed by atoms with Crippen molar-refractivity contribution >= 4 is 11.9 Å². The first kappa shape index (κ1) is 19.4. The Kier molecular flexibility index (Phi) is 5.01. The third kappa shape index (κ3) is 3.70. The number of ether oxygens (including phenoxy) is 2. The van der Waals surface area contributed by atoms with E-state index < -0.39 is 42.0 Å². The number of carbonyl (C=O) groups excluding carboxylic acids is 1. The Bertz CT molecular complexity index is 754. The number of amides is 1. The molecule has 1 N–H and O–H groups in total. The Morgan fingerprint density at radius 3 is 2.67 bits per heavy atom. The fourth-order valence-corrected chi connectivity index (χ4v) is 4.30. The van der Waals surface area contributed by atoms with Crippen LogP contribution in [0.1, 0.15) is 31.2 Å². The first-order valence-corrected chi connectivity index (χ1v) is 8.81. The van der Waals surface area contributed by atoms with E-state index in [0.717, 1.165) is 5.56 Å². The predicted octanol–water partition coefficient (Wildman–Crippen LogP) is 2.94. The highest BCUT2D eigenvalue weighted by molar-refractivity contribution is 5.86. The van der Waals surface area contributed by atoms with Crippen LogP contribution < -0.4 is 9.47 Å². The number of likely N-dealkylation sites (tertiary alicyclic amines) is 1. The minimum absolute atomic E-state index is 0.0347. The normalized spacial score (nSPS) is 27.0. The van der Waals surface area contributed by atoms with Crippen LogP contribution in [0.15, 0.2) is 18.2 Å². The second-order valence-electron chi connectivity index (χ2n) is 7.41. The number of alkyl halides is 2. The molecule has 3 rings (SSSR count). The van der Waals surface area contributed by atoms with Crippen molar-refractivity contribution in [3.8, 4) is 11.5 Å². The summed E-state index contributed by atoms with van der Waals surface area (Å²) >= 11 is 0. The lowest BCUT2D eigenvalue weighted by Gasteiger charge is -2.39. The van der Waals surface area contributed by atoms with E-state index in [4.69, 9.17) is 9.47 Å². The van der Waals surface area contributed by atoms with Gasteiger partial charge in [0.2, 0.25) is 11.8 Å². The molecule has 6 nitrogen and oxygen atoms in total. The molecule has 148 valence electrons. The van der Waals surface area contributed by atoms with Crippen molar-refractivity contribution in [3.05, 3.63) is 23.8 Å². The number of carboxylic acids is 1. The number of halogens is 2. The molecule has 1 heterocycles. The van der Waals surface area contributed by atoms with Gasteiger partial charge in [-0.2, -0.15) is 0 Å². The molecule has 1 saturated carbocycles. The van der Waals surface area contributed by atoms with Crippen LogP contribution >= 0.6 is 0 Å². The van der Waals surface area contributed by atoms with E-state index in [0.29, 0.717) is 18.0 Å². The van der Waals surface area contributed by atoms with Crippen LogP contribution in [0.4, 0.5) is 8.78 Å². The average molecular weight is 383 g/mol. The summed E-state index contributed by atoms with van der Waals surface area (Å²) in [4.78, 5) is 25.8. The van der Waals surface area contributed by atoms with Gasteiger partial charge in [-0.05, 0) is 25.0 Å². The second-order valence-corrected chi connectivity index (χ2v) is 7.41. The summed E-state index contributed by atoms with van der Waals surface area (Å²) in [6.45, 7) is 0.535. The SMILES string of the molecule is COc1ccc(CN2CCC3(C[C@H](C(=O)O)CC(F)(F)C3)C2=O)c(OC)c1. The molecule has 27 heavy (non-hydrogen) atoms. The van der Waals surface area contributed by atoms with Crippen LogP contribution in [0.5, 0.6) is 11.5 Å². The van der Waals surface area contributed by atoms with Gasteiger partial charge in [-0.15, -0.1) is 0 Å². The third-order valence-corrected chi connectivity index (χ3v) is 5.59. The lowest BCUT2D eigenvalue weighted by Crippen LogP contribution is -2.46. The van der Waals surface area contributed by atoms with Gasteiger partial charge in [-0.3, -0.25) is 9.59 Å². The summed E-state index contributed by atoms with van der Waals surface area (Å²) in [5, 5.41) is 9.23. The molecule has 1 aromatic carbocycles. The monoisotopic (exact) mass is 383 g/mol. The largest absolute Gasteiger partial charge is 0.497 e. The van der Waals surface area contributed by atoms with E-state index in [2.05, 4.69) is 0 Å². The summed E-state index contributed by atoms with van der Waals surface area (Å²) in [6, 6.07) is 5.20. The first-order valence-electron chi connectivity index (χ1n) is 8.81. The zero-order valence-corrected chi connectivity index (χ0v) is 15.3. The minimum atomic E-state index is -3.15. The molecule has 1 aromatic rings. The van der Waals surface area contributed by atoms with Gasteiger partial charge in [0.15, 0.2) is 0 Å². The summed E-state index contributed by atoms with van der Waals surface area (Å²) < 4.78 is 38.8. The Hall–Kier alpha value is -2.38. The maximum absolute atomic E-state index is 14.2. The smallest absolute Gasteiger partial charge is 0.306 e. The van der Waals surface area contributed by atoms with Crippen molar-refractivity contribution in [2.75, 3.05) is 20.8 Å². The minimum Gasteiger partial charge on any atom is -0.497 e. The van der Waals surface area contributed by atoms with Gasteiger partial charge in [-0.1, -0.05) is 0 Å². The lowest BCUT2D eigenvalue weighted by molar-refractivity contribution is -0.163. The maximum Gasteiger partial charge on any atom is 0.306 e. The number of hydrogen-bond acceptors (Lipinski definition) is 4. The van der Waals surface area contributed by atoms with Gasteiger partial charge in [0.1, 0.15) is 11.5 Å². The molecular formula is C19H23F2NO5. The van der Waals surface area contributed by atoms with Crippen molar-refractivity contribution in [1.29, 1.82) is 0 Å². The summed E-state index contributed by atoms with van der Waals surface area (Å²) in [5.41, 5.74) is -0.564. The highest BCUT2D eigenvalue weighted by Gasteiger charge is 2.58. The number of nitrogens with zero attached hydrogens (tertiary/aromatic N) is 1. The van der Waals surface area contributed by atoms with Gasteiger partial charge in [0.05, 0.1) is 25.6 Å². The Morgan fingerprint density at radius 2 is 2.04 bits per heavy atom. The number of aliphatic carboxylic acids is 1. The lowest BCUT2D eigenvalue weighted by atomic mass is 9.67. The molecule has 1 aliphatic heterocycles. The number of rotatable bonds is 5. The molecule has 0 aromatic heterocycles. The van der Waals surface area contributed by atoms with Crippen molar-refractivity contribution in [2.24, 2.45) is 11.3 Å². The van der Waals surface area contributed by atoms with Crippen LogP contribution in [0, 0.1) is 11.3 Å². The van der Waals surface area contributed by atoms with E-state index in [1.807, 2.05) is 0 Å². The summed E-state index contributed by atoms with van der Waals surface area (Å²) in [6.07, 6.45) is -1.08. The van der Waals surface area contributed by atoms with Crippen molar-refractivity contribution in [1.82, 2.24) is 4.90 Å². The standard InChI is InChI=1S/C19H23F2NO5/c1-26-14-4-3-12(15(7-14)27-2)10-22-6-5-18(17(22)25)8-13(16(23)24)9-19(20,21)11-18/h3-4,7,13H,5-6,8-11H2,1-2H3,(H,23,24)/t13-,18?/m0/s1. The van der Waals surface area contributed by atoms with E-state index in [1.165, 1.54) is 19.1 Å². The summed E-state index contributed by atoms with van der Waals surface area (Å²) in [5.74, 6) is -4.86. The Labute approximate surface area is 156 Å². The van der Waals surface area contributed by atoms with Crippen molar-refractivity contribution < 1.29 is 33.0 Å². The van der Waals surface area contributed by atoms with Crippen LogP contribution in [0.3, 0.4) is 0 Å². The van der Waals surface area contributed by atoms with Gasteiger partial charge in [0.25, 0.3) is 0 Å². The molecule has 2 fully saturated rings. The molecular weight excluding hydrogens is 360 g/mol.